The van der Waals surface area contributed by atoms with Gasteiger partial charge >= 0.3 is 0 Å². The van der Waals surface area contributed by atoms with Gasteiger partial charge in [-0.3, -0.25) is 0 Å². The van der Waals surface area contributed by atoms with Crippen molar-refractivity contribution in [3.63, 3.8) is 0 Å². The minimum Gasteiger partial charge on any atom is -0.383 e. The lowest BCUT2D eigenvalue weighted by Crippen LogP contribution is -2.42. The lowest BCUT2D eigenvalue weighted by Gasteiger charge is -2.25. The Morgan fingerprint density at radius 1 is 1.25 bits per heavy atom. The number of rotatable bonds is 5. The van der Waals surface area contributed by atoms with Crippen LogP contribution in [0, 0.1) is 13.8 Å². The van der Waals surface area contributed by atoms with E-state index in [9.17, 15) is 0 Å². The molecule has 0 atom stereocenters. The molecule has 0 saturated carbocycles. The molecule has 0 spiro atoms. The summed E-state index contributed by atoms with van der Waals surface area (Å²) in [6.07, 6.45) is 0. The van der Waals surface area contributed by atoms with Gasteiger partial charge < -0.3 is 10.1 Å². The van der Waals surface area contributed by atoms with Gasteiger partial charge in [0.25, 0.3) is 0 Å². The van der Waals surface area contributed by atoms with E-state index in [1.54, 1.807) is 7.11 Å². The molecule has 0 bridgehead atoms. The molecule has 0 radical (unpaired) electrons. The fourth-order valence-corrected chi connectivity index (χ4v) is 1.79. The van der Waals surface area contributed by atoms with Crippen LogP contribution in [-0.4, -0.2) is 19.3 Å². The van der Waals surface area contributed by atoms with Gasteiger partial charge in [-0.25, -0.2) is 0 Å². The first-order chi connectivity index (χ1) is 7.44. The SMILES string of the molecule is COCC(C)(C)NCc1ccc(C)cc1C. The molecule has 16 heavy (non-hydrogen) atoms. The standard InChI is InChI=1S/C14H23NO/c1-11-6-7-13(12(2)8-11)9-15-14(3,4)10-16-5/h6-8,15H,9-10H2,1-5H3. The normalized spacial score (nSPS) is 11.8. The third-order valence-corrected chi connectivity index (χ3v) is 2.76. The van der Waals surface area contributed by atoms with Crippen LogP contribution in [0.2, 0.25) is 0 Å². The Bertz CT molecular complexity index is 345. The number of hydrogen-bond donors (Lipinski definition) is 1. The predicted octanol–water partition coefficient (Wildman–Crippen LogP) is 2.82. The van der Waals surface area contributed by atoms with Crippen molar-refractivity contribution >= 4 is 0 Å². The van der Waals surface area contributed by atoms with Crippen LogP contribution in [0.15, 0.2) is 18.2 Å². The van der Waals surface area contributed by atoms with E-state index in [0.29, 0.717) is 0 Å². The summed E-state index contributed by atoms with van der Waals surface area (Å²) in [4.78, 5) is 0. The van der Waals surface area contributed by atoms with E-state index in [0.717, 1.165) is 13.2 Å². The Kier molecular flexibility index (Phi) is 4.51. The molecule has 90 valence electrons. The van der Waals surface area contributed by atoms with Gasteiger partial charge in [0.1, 0.15) is 0 Å². The maximum atomic E-state index is 5.18. The Hall–Kier alpha value is -0.860. The highest BCUT2D eigenvalue weighted by Crippen LogP contribution is 2.12. The maximum Gasteiger partial charge on any atom is 0.0639 e. The molecule has 1 rings (SSSR count). The Morgan fingerprint density at radius 3 is 2.50 bits per heavy atom. The molecule has 0 fully saturated rings. The van der Waals surface area contributed by atoms with Crippen molar-refractivity contribution in [2.45, 2.75) is 39.8 Å². The molecule has 2 heteroatoms. The summed E-state index contributed by atoms with van der Waals surface area (Å²) in [5, 5.41) is 3.51. The first-order valence-electron chi connectivity index (χ1n) is 5.75. The Balaban J connectivity index is 2.61. The quantitative estimate of drug-likeness (QED) is 0.825. The van der Waals surface area contributed by atoms with Crippen LogP contribution >= 0.6 is 0 Å². The van der Waals surface area contributed by atoms with E-state index >= 15 is 0 Å². The average Bonchev–Trinajstić information content (AvgIpc) is 2.16. The second-order valence-electron chi connectivity index (χ2n) is 5.10. The molecule has 0 aliphatic carbocycles. The summed E-state index contributed by atoms with van der Waals surface area (Å²) >= 11 is 0. The van der Waals surface area contributed by atoms with Crippen LogP contribution < -0.4 is 5.32 Å². The molecular weight excluding hydrogens is 198 g/mol. The third-order valence-electron chi connectivity index (χ3n) is 2.76. The highest BCUT2D eigenvalue weighted by molar-refractivity contribution is 5.30. The smallest absolute Gasteiger partial charge is 0.0639 e. The number of aryl methyl sites for hydroxylation is 2. The average molecular weight is 221 g/mol. The van der Waals surface area contributed by atoms with Crippen LogP contribution in [0.4, 0.5) is 0 Å². The number of ether oxygens (including phenoxy) is 1. The summed E-state index contributed by atoms with van der Waals surface area (Å²) in [5.41, 5.74) is 4.04. The molecule has 0 aromatic heterocycles. The lowest BCUT2D eigenvalue weighted by molar-refractivity contribution is 0.127. The van der Waals surface area contributed by atoms with Crippen LogP contribution in [0.1, 0.15) is 30.5 Å². The van der Waals surface area contributed by atoms with E-state index in [1.165, 1.54) is 16.7 Å². The zero-order chi connectivity index (χ0) is 12.2. The first kappa shape index (κ1) is 13.2. The van der Waals surface area contributed by atoms with Crippen molar-refractivity contribution in [2.24, 2.45) is 0 Å². The van der Waals surface area contributed by atoms with Crippen LogP contribution in [0.3, 0.4) is 0 Å². The van der Waals surface area contributed by atoms with Crippen molar-refractivity contribution in [1.29, 1.82) is 0 Å². The summed E-state index contributed by atoms with van der Waals surface area (Å²) in [6.45, 7) is 10.2. The van der Waals surface area contributed by atoms with Gasteiger partial charge in [0.05, 0.1) is 6.61 Å². The summed E-state index contributed by atoms with van der Waals surface area (Å²) < 4.78 is 5.18. The second kappa shape index (κ2) is 5.46. The van der Waals surface area contributed by atoms with Crippen molar-refractivity contribution in [3.05, 3.63) is 34.9 Å². The maximum absolute atomic E-state index is 5.18. The third kappa shape index (κ3) is 3.95. The Labute approximate surface area is 99.0 Å². The summed E-state index contributed by atoms with van der Waals surface area (Å²) in [6, 6.07) is 6.58. The first-order valence-corrected chi connectivity index (χ1v) is 5.75. The molecular formula is C14H23NO. The van der Waals surface area contributed by atoms with Crippen LogP contribution in [0.25, 0.3) is 0 Å². The summed E-state index contributed by atoms with van der Waals surface area (Å²) in [5.74, 6) is 0. The van der Waals surface area contributed by atoms with Gasteiger partial charge in [-0.05, 0) is 38.8 Å². The van der Waals surface area contributed by atoms with E-state index in [1.807, 2.05) is 0 Å². The molecule has 1 aromatic carbocycles. The zero-order valence-electron chi connectivity index (χ0n) is 11.1. The second-order valence-corrected chi connectivity index (χ2v) is 5.10. The lowest BCUT2D eigenvalue weighted by atomic mass is 10.0. The monoisotopic (exact) mass is 221 g/mol. The van der Waals surface area contributed by atoms with Gasteiger partial charge in [0, 0.05) is 19.2 Å². The Morgan fingerprint density at radius 2 is 1.94 bits per heavy atom. The molecule has 0 amide bonds. The number of hydrogen-bond acceptors (Lipinski definition) is 2. The van der Waals surface area contributed by atoms with Gasteiger partial charge in [0.15, 0.2) is 0 Å². The predicted molar refractivity (Wildman–Crippen MR) is 68.7 cm³/mol. The molecule has 0 saturated heterocycles. The number of methoxy groups -OCH3 is 1. The fourth-order valence-electron chi connectivity index (χ4n) is 1.79. The molecule has 2 nitrogen and oxygen atoms in total. The molecule has 0 unspecified atom stereocenters. The van der Waals surface area contributed by atoms with Crippen LogP contribution in [-0.2, 0) is 11.3 Å². The minimum atomic E-state index is 0.0199. The molecule has 0 aliphatic rings. The van der Waals surface area contributed by atoms with E-state index in [4.69, 9.17) is 4.74 Å². The van der Waals surface area contributed by atoms with Gasteiger partial charge in [-0.1, -0.05) is 23.8 Å². The van der Waals surface area contributed by atoms with Gasteiger partial charge in [-0.15, -0.1) is 0 Å². The largest absolute Gasteiger partial charge is 0.383 e. The molecule has 1 aromatic rings. The molecule has 1 N–H and O–H groups in total. The van der Waals surface area contributed by atoms with Crippen LogP contribution in [0.5, 0.6) is 0 Å². The number of benzene rings is 1. The highest BCUT2D eigenvalue weighted by Gasteiger charge is 2.16. The van der Waals surface area contributed by atoms with Crippen molar-refractivity contribution in [2.75, 3.05) is 13.7 Å². The van der Waals surface area contributed by atoms with E-state index in [2.05, 4.69) is 51.2 Å². The van der Waals surface area contributed by atoms with E-state index < -0.39 is 0 Å². The zero-order valence-corrected chi connectivity index (χ0v) is 11.1. The van der Waals surface area contributed by atoms with E-state index in [-0.39, 0.29) is 5.54 Å². The van der Waals surface area contributed by atoms with Crippen molar-refractivity contribution < 1.29 is 4.74 Å². The van der Waals surface area contributed by atoms with Crippen molar-refractivity contribution in [1.82, 2.24) is 5.32 Å². The van der Waals surface area contributed by atoms with Crippen molar-refractivity contribution in [3.8, 4) is 0 Å². The number of nitrogens with one attached hydrogen (secondary N) is 1. The van der Waals surface area contributed by atoms with Gasteiger partial charge in [0.2, 0.25) is 0 Å². The highest BCUT2D eigenvalue weighted by atomic mass is 16.5. The van der Waals surface area contributed by atoms with Gasteiger partial charge in [-0.2, -0.15) is 0 Å². The molecule has 0 aliphatic heterocycles. The molecule has 0 heterocycles. The summed E-state index contributed by atoms with van der Waals surface area (Å²) in [7, 11) is 1.74. The minimum absolute atomic E-state index is 0.0199. The topological polar surface area (TPSA) is 21.3 Å². The fraction of sp³-hybridized carbons (Fsp3) is 0.571.